The first kappa shape index (κ1) is 21.5. The van der Waals surface area contributed by atoms with E-state index in [2.05, 4.69) is 32.7 Å². The van der Waals surface area contributed by atoms with Gasteiger partial charge in [0.2, 0.25) is 0 Å². The van der Waals surface area contributed by atoms with Crippen molar-refractivity contribution < 1.29 is 4.79 Å². The Morgan fingerprint density at radius 2 is 1.81 bits per heavy atom. The molecule has 1 heterocycles. The summed E-state index contributed by atoms with van der Waals surface area (Å²) in [5.41, 5.74) is 7.95. The fourth-order valence-corrected chi connectivity index (χ4v) is 3.38. The number of anilines is 1. The molecule has 0 spiro atoms. The number of amides is 1. The van der Waals surface area contributed by atoms with Gasteiger partial charge in [-0.05, 0) is 53.4 Å². The van der Waals surface area contributed by atoms with E-state index in [4.69, 9.17) is 11.6 Å². The van der Waals surface area contributed by atoms with Gasteiger partial charge in [-0.2, -0.15) is 10.1 Å². The van der Waals surface area contributed by atoms with Crippen molar-refractivity contribution in [2.45, 2.75) is 6.42 Å². The Labute approximate surface area is 191 Å². The minimum atomic E-state index is -0.366. The Morgan fingerprint density at radius 3 is 2.53 bits per heavy atom. The average Bonchev–Trinajstić information content (AvgIpc) is 3.35. The fraction of sp³-hybridized carbons (Fsp3) is 0.0800. The summed E-state index contributed by atoms with van der Waals surface area (Å²) in [6.07, 6.45) is 5.91. The molecular weight excluding hydrogens is 422 g/mol. The van der Waals surface area contributed by atoms with Crippen molar-refractivity contribution in [3.8, 4) is 11.1 Å². The van der Waals surface area contributed by atoms with Gasteiger partial charge in [-0.15, -0.1) is 0 Å². The van der Waals surface area contributed by atoms with Gasteiger partial charge in [-0.25, -0.2) is 5.43 Å². The van der Waals surface area contributed by atoms with Gasteiger partial charge in [0.05, 0.1) is 11.9 Å². The number of carbonyl (C=O) groups excluding carboxylic acids is 1. The second kappa shape index (κ2) is 10.5. The maximum Gasteiger partial charge on any atom is 0.278 e. The molecule has 0 aliphatic carbocycles. The number of halogens is 1. The zero-order valence-corrected chi connectivity index (χ0v) is 18.0. The molecule has 1 amide bonds. The number of hydrogen-bond donors (Lipinski definition) is 2. The van der Waals surface area contributed by atoms with Gasteiger partial charge in [0.25, 0.3) is 5.91 Å². The van der Waals surface area contributed by atoms with Crippen LogP contribution in [0.25, 0.3) is 11.1 Å². The number of aliphatic imine (C=N–C) groups is 1. The van der Waals surface area contributed by atoms with E-state index in [1.165, 1.54) is 6.34 Å². The minimum absolute atomic E-state index is 0.366. The highest BCUT2D eigenvalue weighted by Crippen LogP contribution is 2.22. The van der Waals surface area contributed by atoms with Crippen molar-refractivity contribution >= 4 is 29.5 Å². The summed E-state index contributed by atoms with van der Waals surface area (Å²) in [6, 6.07) is 25.0. The van der Waals surface area contributed by atoms with Crippen LogP contribution in [0.15, 0.2) is 96.2 Å². The van der Waals surface area contributed by atoms with E-state index in [1.807, 2.05) is 48.7 Å². The minimum Gasteiger partial charge on any atom is -0.285 e. The second-order valence-electron chi connectivity index (χ2n) is 7.11. The molecular formula is C25H22ClN5O. The predicted molar refractivity (Wildman–Crippen MR) is 129 cm³/mol. The van der Waals surface area contributed by atoms with Crippen molar-refractivity contribution in [2.24, 2.45) is 4.99 Å². The summed E-state index contributed by atoms with van der Waals surface area (Å²) >= 11 is 6.00. The molecule has 4 aromatic rings. The molecule has 2 N–H and O–H groups in total. The van der Waals surface area contributed by atoms with Crippen molar-refractivity contribution in [3.63, 3.8) is 0 Å². The first-order valence-corrected chi connectivity index (χ1v) is 10.6. The highest BCUT2D eigenvalue weighted by Gasteiger charge is 2.08. The number of benzene rings is 3. The van der Waals surface area contributed by atoms with Crippen LogP contribution in [0, 0.1) is 0 Å². The van der Waals surface area contributed by atoms with Crippen molar-refractivity contribution in [3.05, 3.63) is 107 Å². The number of aromatic amines is 1. The number of hydrazine groups is 1. The van der Waals surface area contributed by atoms with Crippen LogP contribution < -0.4 is 10.4 Å². The summed E-state index contributed by atoms with van der Waals surface area (Å²) < 4.78 is 0. The smallest absolute Gasteiger partial charge is 0.278 e. The Bertz CT molecular complexity index is 1170. The van der Waals surface area contributed by atoms with Gasteiger partial charge in [-0.1, -0.05) is 60.1 Å². The molecule has 0 saturated heterocycles. The summed E-state index contributed by atoms with van der Waals surface area (Å²) in [4.78, 5) is 16.6. The predicted octanol–water partition coefficient (Wildman–Crippen LogP) is 5.15. The van der Waals surface area contributed by atoms with Crippen LogP contribution in [0.2, 0.25) is 5.02 Å². The van der Waals surface area contributed by atoms with E-state index >= 15 is 0 Å². The molecule has 0 radical (unpaired) electrons. The van der Waals surface area contributed by atoms with Crippen LogP contribution in [0.5, 0.6) is 0 Å². The van der Waals surface area contributed by atoms with Crippen LogP contribution in [0.3, 0.4) is 0 Å². The number of rotatable bonds is 8. The summed E-state index contributed by atoms with van der Waals surface area (Å²) in [5, 5.41) is 9.02. The molecule has 3 aromatic carbocycles. The van der Waals surface area contributed by atoms with Crippen LogP contribution in [0.1, 0.15) is 15.9 Å². The highest BCUT2D eigenvalue weighted by molar-refractivity contribution is 6.31. The standard InChI is InChI=1S/C25H22ClN5O/c26-23-8-4-7-22(15-23)25(32)27-18-31(30-14-13-19-16-28-29-17-19)24-11-9-21(10-12-24)20-5-2-1-3-6-20/h1-12,15-18,30H,13-14H2,(H,28,29). The Morgan fingerprint density at radius 1 is 1.03 bits per heavy atom. The lowest BCUT2D eigenvalue weighted by atomic mass is 10.1. The van der Waals surface area contributed by atoms with E-state index in [0.29, 0.717) is 17.1 Å². The normalized spacial score (nSPS) is 11.0. The molecule has 4 rings (SSSR count). The summed E-state index contributed by atoms with van der Waals surface area (Å²) in [5.74, 6) is -0.366. The topological polar surface area (TPSA) is 73.4 Å². The number of nitrogens with zero attached hydrogens (tertiary/aromatic N) is 3. The third kappa shape index (κ3) is 5.69. The molecule has 1 aromatic heterocycles. The number of aromatic nitrogens is 2. The quantitative estimate of drug-likeness (QED) is 0.224. The first-order chi connectivity index (χ1) is 15.7. The Balaban J connectivity index is 1.51. The van der Waals surface area contributed by atoms with Crippen molar-refractivity contribution in [1.82, 2.24) is 15.6 Å². The van der Waals surface area contributed by atoms with Crippen molar-refractivity contribution in [1.29, 1.82) is 0 Å². The molecule has 0 saturated carbocycles. The lowest BCUT2D eigenvalue weighted by Crippen LogP contribution is -2.38. The molecule has 0 unspecified atom stereocenters. The van der Waals surface area contributed by atoms with Gasteiger partial charge in [0.15, 0.2) is 0 Å². The molecule has 160 valence electrons. The molecule has 0 atom stereocenters. The first-order valence-electron chi connectivity index (χ1n) is 10.2. The van der Waals surface area contributed by atoms with Gasteiger partial charge < -0.3 is 0 Å². The third-order valence-electron chi connectivity index (χ3n) is 4.87. The molecule has 7 heteroatoms. The fourth-order valence-electron chi connectivity index (χ4n) is 3.19. The molecule has 0 aliphatic rings. The van der Waals surface area contributed by atoms with Gasteiger partial charge >= 0.3 is 0 Å². The van der Waals surface area contributed by atoms with Gasteiger partial charge in [-0.3, -0.25) is 14.9 Å². The summed E-state index contributed by atoms with van der Waals surface area (Å²) in [6.45, 7) is 0.636. The van der Waals surface area contributed by atoms with Crippen LogP contribution in [-0.2, 0) is 6.42 Å². The third-order valence-corrected chi connectivity index (χ3v) is 5.10. The maximum absolute atomic E-state index is 12.5. The largest absolute Gasteiger partial charge is 0.285 e. The van der Waals surface area contributed by atoms with Crippen LogP contribution in [0.4, 0.5) is 5.69 Å². The monoisotopic (exact) mass is 443 g/mol. The lowest BCUT2D eigenvalue weighted by molar-refractivity contribution is 0.100. The molecule has 0 aliphatic heterocycles. The van der Waals surface area contributed by atoms with E-state index < -0.39 is 0 Å². The highest BCUT2D eigenvalue weighted by atomic mass is 35.5. The van der Waals surface area contributed by atoms with E-state index in [9.17, 15) is 4.79 Å². The van der Waals surface area contributed by atoms with Crippen LogP contribution in [-0.4, -0.2) is 29.0 Å². The lowest BCUT2D eigenvalue weighted by Gasteiger charge is -2.21. The Kier molecular flexibility index (Phi) is 7.07. The van der Waals surface area contributed by atoms with Crippen LogP contribution >= 0.6 is 11.6 Å². The van der Waals surface area contributed by atoms with Crippen molar-refractivity contribution in [2.75, 3.05) is 11.6 Å². The van der Waals surface area contributed by atoms with Gasteiger partial charge in [0, 0.05) is 23.3 Å². The number of nitrogens with one attached hydrogen (secondary N) is 2. The number of H-pyrrole nitrogens is 1. The molecule has 32 heavy (non-hydrogen) atoms. The molecule has 0 fully saturated rings. The number of hydrogen-bond acceptors (Lipinski definition) is 3. The van der Waals surface area contributed by atoms with E-state index in [1.54, 1.807) is 35.5 Å². The SMILES string of the molecule is O=C(N=CN(NCCc1cn[nH]c1)c1ccc(-c2ccccc2)cc1)c1cccc(Cl)c1. The maximum atomic E-state index is 12.5. The van der Waals surface area contributed by atoms with E-state index in [0.717, 1.165) is 28.8 Å². The Hall–Kier alpha value is -3.74. The second-order valence-corrected chi connectivity index (χ2v) is 7.54. The summed E-state index contributed by atoms with van der Waals surface area (Å²) in [7, 11) is 0. The van der Waals surface area contributed by atoms with Gasteiger partial charge in [0.1, 0.15) is 6.34 Å². The number of carbonyl (C=O) groups is 1. The van der Waals surface area contributed by atoms with E-state index in [-0.39, 0.29) is 5.91 Å². The zero-order valence-electron chi connectivity index (χ0n) is 17.3. The zero-order chi connectivity index (χ0) is 22.2. The molecule has 0 bridgehead atoms. The molecule has 6 nitrogen and oxygen atoms in total. The average molecular weight is 444 g/mol.